The molecule has 1 heterocycles. The molecule has 13 heavy (non-hydrogen) atoms. The molecule has 0 aliphatic heterocycles. The summed E-state index contributed by atoms with van der Waals surface area (Å²) in [5.74, 6) is 0. The predicted octanol–water partition coefficient (Wildman–Crippen LogP) is 3.17. The highest BCUT2D eigenvalue weighted by Crippen LogP contribution is 2.10. The van der Waals surface area contributed by atoms with Crippen molar-refractivity contribution >= 4 is 10.8 Å². The van der Waals surface area contributed by atoms with Gasteiger partial charge in [-0.25, -0.2) is 4.98 Å². The fourth-order valence-corrected chi connectivity index (χ4v) is 1.09. The van der Waals surface area contributed by atoms with Crippen LogP contribution in [0.1, 0.15) is 19.4 Å². The Bertz CT molecular complexity index is 380. The van der Waals surface area contributed by atoms with Gasteiger partial charge in [-0.3, -0.25) is 0 Å². The fraction of sp³-hybridized carbons (Fsp3) is 0.250. The molecule has 0 amide bonds. The molecule has 1 heteroatoms. The van der Waals surface area contributed by atoms with Gasteiger partial charge < -0.3 is 0 Å². The molecule has 0 radical (unpaired) electrons. The molecule has 1 aromatic carbocycles. The number of hydrogen-bond acceptors (Lipinski definition) is 1. The number of rotatable bonds is 0. The number of benzene rings is 1. The minimum atomic E-state index is 1.08. The Morgan fingerprint density at radius 2 is 2.00 bits per heavy atom. The lowest BCUT2D eigenvalue weighted by Crippen LogP contribution is -1.74. The van der Waals surface area contributed by atoms with Crippen LogP contribution in [-0.2, 0) is 0 Å². The first-order valence-corrected chi connectivity index (χ1v) is 4.51. The Morgan fingerprint density at radius 3 is 2.77 bits per heavy atom. The van der Waals surface area contributed by atoms with Crippen molar-refractivity contribution in [1.82, 2.24) is 4.98 Å². The molecule has 0 unspecified atom stereocenters. The molecular formula is C12H13N. The Kier molecular flexibility index (Phi) is 3.28. The van der Waals surface area contributed by atoms with E-state index >= 15 is 0 Å². The fourth-order valence-electron chi connectivity index (χ4n) is 1.09. The maximum Gasteiger partial charge on any atom is 0.0460 e. The van der Waals surface area contributed by atoms with Crippen LogP contribution >= 0.6 is 0 Å². The monoisotopic (exact) mass is 171 g/mol. The van der Waals surface area contributed by atoms with Crippen molar-refractivity contribution in [2.24, 2.45) is 0 Å². The van der Waals surface area contributed by atoms with Crippen molar-refractivity contribution in [3.8, 4) is 0 Å². The zero-order chi connectivity index (χ0) is 9.68. The quantitative estimate of drug-likeness (QED) is 0.593. The van der Waals surface area contributed by atoms with Gasteiger partial charge in [0.1, 0.15) is 0 Å². The summed E-state index contributed by atoms with van der Waals surface area (Å²) in [5.41, 5.74) is 1.24. The normalized spacial score (nSPS) is 8.54. The van der Waals surface area contributed by atoms with Crippen LogP contribution in [0.3, 0.4) is 0 Å². The van der Waals surface area contributed by atoms with Crippen molar-refractivity contribution in [2.45, 2.75) is 20.8 Å². The summed E-state index contributed by atoms with van der Waals surface area (Å²) >= 11 is 0. The van der Waals surface area contributed by atoms with E-state index in [1.165, 1.54) is 5.56 Å². The van der Waals surface area contributed by atoms with Gasteiger partial charge >= 0.3 is 0 Å². The summed E-state index contributed by atoms with van der Waals surface area (Å²) < 4.78 is 0. The summed E-state index contributed by atoms with van der Waals surface area (Å²) in [6.07, 6.45) is 4.48. The third kappa shape index (κ3) is 2.19. The number of nitrogens with zero attached hydrogens (tertiary/aromatic N) is 1. The molecule has 2 rings (SSSR count). The van der Waals surface area contributed by atoms with Crippen molar-refractivity contribution in [1.29, 1.82) is 0 Å². The predicted molar refractivity (Wildman–Crippen MR) is 55.5 cm³/mol. The Morgan fingerprint density at radius 1 is 1.23 bits per heavy atom. The molecule has 1 nitrogen and oxygen atoms in total. The van der Waals surface area contributed by atoms with E-state index in [2.05, 4.69) is 36.3 Å². The third-order valence-electron chi connectivity index (χ3n) is 1.67. The highest BCUT2D eigenvalue weighted by atomic mass is 14.6. The van der Waals surface area contributed by atoms with Crippen molar-refractivity contribution in [2.75, 3.05) is 0 Å². The van der Waals surface area contributed by atoms with Crippen LogP contribution in [-0.4, -0.2) is 4.98 Å². The summed E-state index contributed by atoms with van der Waals surface area (Å²) in [6, 6.07) is 9.14. The van der Waals surface area contributed by atoms with Crippen molar-refractivity contribution < 1.29 is 0 Å². The van der Waals surface area contributed by atoms with E-state index in [1.54, 1.807) is 6.20 Å². The third-order valence-corrected chi connectivity index (χ3v) is 1.67. The first kappa shape index (κ1) is 9.54. The Hall–Kier alpha value is -1.55. The topological polar surface area (TPSA) is 12.9 Å². The van der Waals surface area contributed by atoms with Crippen LogP contribution in [0.25, 0.3) is 10.8 Å². The van der Waals surface area contributed by atoms with E-state index in [-0.39, 0.29) is 0 Å². The smallest absolute Gasteiger partial charge is 0.0460 e. The van der Waals surface area contributed by atoms with Crippen LogP contribution in [0, 0.1) is 19.2 Å². The second-order valence-electron chi connectivity index (χ2n) is 2.59. The van der Waals surface area contributed by atoms with E-state index in [0.29, 0.717) is 0 Å². The summed E-state index contributed by atoms with van der Waals surface area (Å²) in [7, 11) is 0. The molecule has 1 aromatic heterocycles. The molecule has 66 valence electrons. The second-order valence-corrected chi connectivity index (χ2v) is 2.59. The van der Waals surface area contributed by atoms with Crippen LogP contribution in [0.5, 0.6) is 0 Å². The van der Waals surface area contributed by atoms with Gasteiger partial charge in [0.05, 0.1) is 0 Å². The maximum atomic E-state index is 3.86. The molecule has 0 aliphatic carbocycles. The first-order valence-electron chi connectivity index (χ1n) is 4.51. The van der Waals surface area contributed by atoms with Crippen LogP contribution in [0.4, 0.5) is 0 Å². The minimum absolute atomic E-state index is 1.08. The van der Waals surface area contributed by atoms with Gasteiger partial charge in [0.2, 0.25) is 0 Å². The SMILES string of the molecule is CC.Cc1ccc2cnc#cc2c1. The Labute approximate surface area is 79.4 Å². The van der Waals surface area contributed by atoms with Gasteiger partial charge in [-0.2, -0.15) is 0 Å². The van der Waals surface area contributed by atoms with Crippen LogP contribution in [0.2, 0.25) is 0 Å². The molecule has 0 saturated carbocycles. The minimum Gasteiger partial charge on any atom is -0.205 e. The average Bonchev–Trinajstić information content (AvgIpc) is 2.21. The molecule has 0 saturated heterocycles. The molecule has 0 aliphatic rings. The highest BCUT2D eigenvalue weighted by Gasteiger charge is 1.89. The van der Waals surface area contributed by atoms with Crippen LogP contribution in [0.15, 0.2) is 24.4 Å². The van der Waals surface area contributed by atoms with Gasteiger partial charge in [-0.1, -0.05) is 26.0 Å². The number of fused-ring (bicyclic) bond motifs is 1. The molecule has 0 bridgehead atoms. The summed E-state index contributed by atoms with van der Waals surface area (Å²) in [5, 5.41) is 2.20. The van der Waals surface area contributed by atoms with Gasteiger partial charge in [-0.15, -0.1) is 0 Å². The number of hydrogen-bond donors (Lipinski definition) is 0. The summed E-state index contributed by atoms with van der Waals surface area (Å²) in [4.78, 5) is 3.86. The number of aryl methyl sites for hydroxylation is 1. The molecule has 0 fully saturated rings. The largest absolute Gasteiger partial charge is 0.205 e. The molecule has 0 N–H and O–H groups in total. The lowest BCUT2D eigenvalue weighted by Gasteiger charge is -1.92. The second kappa shape index (κ2) is 4.47. The first-order chi connectivity index (χ1) is 6.36. The van der Waals surface area contributed by atoms with E-state index < -0.39 is 0 Å². The zero-order valence-electron chi connectivity index (χ0n) is 8.26. The van der Waals surface area contributed by atoms with E-state index in [4.69, 9.17) is 0 Å². The maximum absolute atomic E-state index is 3.86. The van der Waals surface area contributed by atoms with E-state index in [1.807, 2.05) is 19.9 Å². The Balaban J connectivity index is 0.000000396. The number of aromatic nitrogens is 1. The molecule has 2 aromatic rings. The van der Waals surface area contributed by atoms with Gasteiger partial charge in [0, 0.05) is 23.2 Å². The lowest BCUT2D eigenvalue weighted by molar-refractivity contribution is 1.37. The van der Waals surface area contributed by atoms with Gasteiger partial charge in [0.25, 0.3) is 0 Å². The highest BCUT2D eigenvalue weighted by molar-refractivity contribution is 5.80. The molecule has 0 spiro atoms. The van der Waals surface area contributed by atoms with E-state index in [0.717, 1.165) is 10.8 Å². The van der Waals surface area contributed by atoms with Crippen molar-refractivity contribution in [3.05, 3.63) is 42.2 Å². The molecular weight excluding hydrogens is 158 g/mol. The average molecular weight is 171 g/mol. The standard InChI is InChI=1S/C10H7N.C2H6/c1-8-2-3-10-7-11-5-4-9(10)6-8;1-2/h2-3,6-7H,1H3;1-2H3. The van der Waals surface area contributed by atoms with Gasteiger partial charge in [-0.05, 0) is 24.6 Å². The van der Waals surface area contributed by atoms with E-state index in [9.17, 15) is 0 Å². The molecule has 0 atom stereocenters. The van der Waals surface area contributed by atoms with Crippen molar-refractivity contribution in [3.63, 3.8) is 0 Å². The van der Waals surface area contributed by atoms with Gasteiger partial charge in [0.15, 0.2) is 0 Å². The lowest BCUT2D eigenvalue weighted by atomic mass is 10.1. The zero-order valence-corrected chi connectivity index (χ0v) is 8.26. The van der Waals surface area contributed by atoms with Crippen LogP contribution < -0.4 is 0 Å². The summed E-state index contributed by atoms with van der Waals surface area (Å²) in [6.45, 7) is 6.06.